The molecule has 0 fully saturated rings. The number of guanidine groups is 1. The average molecular weight is 326 g/mol. The minimum Gasteiger partial charge on any atom is -0.352 e. The van der Waals surface area contributed by atoms with E-state index in [-0.39, 0.29) is 5.69 Å². The maximum atomic E-state index is 10.8. The molecule has 0 aliphatic carbocycles. The zero-order chi connectivity index (χ0) is 17.5. The summed E-state index contributed by atoms with van der Waals surface area (Å²) in [5.41, 5.74) is 4.60. The number of nitrogens with zero attached hydrogens (tertiary/aromatic N) is 2. The van der Waals surface area contributed by atoms with Crippen LogP contribution in [0.5, 0.6) is 0 Å². The van der Waals surface area contributed by atoms with E-state index in [4.69, 9.17) is 0 Å². The summed E-state index contributed by atoms with van der Waals surface area (Å²) in [4.78, 5) is 14.6. The molecule has 24 heavy (non-hydrogen) atoms. The van der Waals surface area contributed by atoms with Gasteiger partial charge in [0.1, 0.15) is 0 Å². The second kappa shape index (κ2) is 8.10. The van der Waals surface area contributed by atoms with Crippen LogP contribution in [0.3, 0.4) is 0 Å². The number of nitro benzene ring substituents is 1. The highest BCUT2D eigenvalue weighted by molar-refractivity contribution is 5.79. The van der Waals surface area contributed by atoms with Crippen LogP contribution < -0.4 is 10.6 Å². The molecule has 0 aromatic heterocycles. The van der Waals surface area contributed by atoms with Gasteiger partial charge in [0, 0.05) is 32.3 Å². The molecule has 0 heterocycles. The van der Waals surface area contributed by atoms with Gasteiger partial charge in [0.15, 0.2) is 5.96 Å². The smallest absolute Gasteiger partial charge is 0.269 e. The highest BCUT2D eigenvalue weighted by Crippen LogP contribution is 2.13. The number of aryl methyl sites for hydroxylation is 2. The maximum absolute atomic E-state index is 10.8. The molecule has 0 unspecified atom stereocenters. The predicted octanol–water partition coefficient (Wildman–Crippen LogP) is 3.08. The molecule has 2 aromatic carbocycles. The Morgan fingerprint density at radius 2 is 1.88 bits per heavy atom. The van der Waals surface area contributed by atoms with E-state index < -0.39 is 4.92 Å². The normalized spacial score (nSPS) is 11.2. The molecule has 0 atom stereocenters. The fraction of sp³-hybridized carbons (Fsp3) is 0.278. The molecule has 126 valence electrons. The summed E-state index contributed by atoms with van der Waals surface area (Å²) in [6.45, 7) is 5.29. The van der Waals surface area contributed by atoms with E-state index in [1.807, 2.05) is 6.07 Å². The van der Waals surface area contributed by atoms with Crippen LogP contribution in [-0.2, 0) is 13.1 Å². The third-order valence-corrected chi connectivity index (χ3v) is 3.75. The summed E-state index contributed by atoms with van der Waals surface area (Å²) in [6.07, 6.45) is 0. The van der Waals surface area contributed by atoms with E-state index in [1.54, 1.807) is 19.2 Å². The maximum Gasteiger partial charge on any atom is 0.269 e. The Hall–Kier alpha value is -2.89. The van der Waals surface area contributed by atoms with Gasteiger partial charge < -0.3 is 10.6 Å². The van der Waals surface area contributed by atoms with Crippen molar-refractivity contribution in [1.82, 2.24) is 10.6 Å². The highest BCUT2D eigenvalue weighted by Gasteiger charge is 2.06. The molecule has 2 rings (SSSR count). The van der Waals surface area contributed by atoms with E-state index in [2.05, 4.69) is 47.7 Å². The quantitative estimate of drug-likeness (QED) is 0.383. The number of aliphatic imine (C=N–C) groups is 1. The van der Waals surface area contributed by atoms with Crippen LogP contribution in [0.4, 0.5) is 5.69 Å². The molecule has 0 spiro atoms. The summed E-state index contributed by atoms with van der Waals surface area (Å²) in [5.74, 6) is 0.654. The first-order valence-corrected chi connectivity index (χ1v) is 7.73. The first kappa shape index (κ1) is 17.5. The van der Waals surface area contributed by atoms with Crippen molar-refractivity contribution in [1.29, 1.82) is 0 Å². The van der Waals surface area contributed by atoms with Crippen molar-refractivity contribution in [3.8, 4) is 0 Å². The molecule has 2 N–H and O–H groups in total. The van der Waals surface area contributed by atoms with Gasteiger partial charge in [0.25, 0.3) is 5.69 Å². The summed E-state index contributed by atoms with van der Waals surface area (Å²) in [7, 11) is 1.70. The van der Waals surface area contributed by atoms with E-state index >= 15 is 0 Å². The Kier molecular flexibility index (Phi) is 5.89. The number of benzene rings is 2. The topological polar surface area (TPSA) is 79.6 Å². The SMILES string of the molecule is CN=C(NCc1cccc([N+](=O)[O-])c1)NCc1ccc(C)cc1C. The van der Waals surface area contributed by atoms with Gasteiger partial charge in [-0.2, -0.15) is 0 Å². The van der Waals surface area contributed by atoms with E-state index in [0.717, 1.165) is 5.56 Å². The summed E-state index contributed by atoms with van der Waals surface area (Å²) < 4.78 is 0. The Labute approximate surface area is 141 Å². The minimum atomic E-state index is -0.392. The Balaban J connectivity index is 1.93. The fourth-order valence-electron chi connectivity index (χ4n) is 2.41. The summed E-state index contributed by atoms with van der Waals surface area (Å²) in [6, 6.07) is 12.9. The lowest BCUT2D eigenvalue weighted by Gasteiger charge is -2.13. The standard InChI is InChI=1S/C18H22N4O2/c1-13-7-8-16(14(2)9-13)12-21-18(19-3)20-11-15-5-4-6-17(10-15)22(23)24/h4-10H,11-12H2,1-3H3,(H2,19,20,21). The molecule has 0 radical (unpaired) electrons. The minimum absolute atomic E-state index is 0.0903. The molecule has 0 aliphatic heterocycles. The fourth-order valence-corrected chi connectivity index (χ4v) is 2.41. The third kappa shape index (κ3) is 4.81. The van der Waals surface area contributed by atoms with Gasteiger partial charge in [-0.3, -0.25) is 15.1 Å². The molecule has 0 bridgehead atoms. The van der Waals surface area contributed by atoms with Crippen LogP contribution in [0.1, 0.15) is 22.3 Å². The van der Waals surface area contributed by atoms with Crippen LogP contribution in [-0.4, -0.2) is 17.9 Å². The van der Waals surface area contributed by atoms with E-state index in [1.165, 1.54) is 22.8 Å². The lowest BCUT2D eigenvalue weighted by molar-refractivity contribution is -0.384. The lowest BCUT2D eigenvalue weighted by atomic mass is 10.1. The number of hydrogen-bond donors (Lipinski definition) is 2. The average Bonchev–Trinajstić information content (AvgIpc) is 2.56. The largest absolute Gasteiger partial charge is 0.352 e. The van der Waals surface area contributed by atoms with Crippen LogP contribution >= 0.6 is 0 Å². The van der Waals surface area contributed by atoms with Gasteiger partial charge in [-0.25, -0.2) is 0 Å². The second-order valence-electron chi connectivity index (χ2n) is 5.64. The Morgan fingerprint density at radius 3 is 2.54 bits per heavy atom. The van der Waals surface area contributed by atoms with Gasteiger partial charge >= 0.3 is 0 Å². The number of nitrogens with one attached hydrogen (secondary N) is 2. The third-order valence-electron chi connectivity index (χ3n) is 3.75. The van der Waals surface area contributed by atoms with Crippen LogP contribution in [0.25, 0.3) is 0 Å². The molecule has 2 aromatic rings. The molecule has 0 saturated heterocycles. The second-order valence-corrected chi connectivity index (χ2v) is 5.64. The molecule has 0 aliphatic rings. The van der Waals surface area contributed by atoms with Gasteiger partial charge in [-0.1, -0.05) is 35.9 Å². The molecule has 0 amide bonds. The number of non-ortho nitro benzene ring substituents is 1. The molecular weight excluding hydrogens is 304 g/mol. The first-order chi connectivity index (χ1) is 11.5. The predicted molar refractivity (Wildman–Crippen MR) is 96.1 cm³/mol. The van der Waals surface area contributed by atoms with Crippen molar-refractivity contribution in [2.24, 2.45) is 4.99 Å². The molecule has 6 heteroatoms. The molecule has 6 nitrogen and oxygen atoms in total. The van der Waals surface area contributed by atoms with E-state index in [9.17, 15) is 10.1 Å². The van der Waals surface area contributed by atoms with Crippen molar-refractivity contribution in [3.63, 3.8) is 0 Å². The zero-order valence-electron chi connectivity index (χ0n) is 14.2. The Morgan fingerprint density at radius 1 is 1.12 bits per heavy atom. The van der Waals surface area contributed by atoms with Gasteiger partial charge in [-0.05, 0) is 30.5 Å². The van der Waals surface area contributed by atoms with Crippen LogP contribution in [0.2, 0.25) is 0 Å². The van der Waals surface area contributed by atoms with Crippen LogP contribution in [0, 0.1) is 24.0 Å². The Bertz CT molecular complexity index is 756. The number of rotatable bonds is 5. The van der Waals surface area contributed by atoms with Crippen molar-refractivity contribution in [2.75, 3.05) is 7.05 Å². The zero-order valence-corrected chi connectivity index (χ0v) is 14.2. The first-order valence-electron chi connectivity index (χ1n) is 7.73. The van der Waals surface area contributed by atoms with Gasteiger partial charge in [-0.15, -0.1) is 0 Å². The van der Waals surface area contributed by atoms with Crippen molar-refractivity contribution in [2.45, 2.75) is 26.9 Å². The van der Waals surface area contributed by atoms with Gasteiger partial charge in [0.2, 0.25) is 0 Å². The number of nitro groups is 1. The monoisotopic (exact) mass is 326 g/mol. The van der Waals surface area contributed by atoms with Gasteiger partial charge in [0.05, 0.1) is 4.92 Å². The van der Waals surface area contributed by atoms with Crippen molar-refractivity contribution < 1.29 is 4.92 Å². The van der Waals surface area contributed by atoms with Crippen LogP contribution in [0.15, 0.2) is 47.5 Å². The molecular formula is C18H22N4O2. The summed E-state index contributed by atoms with van der Waals surface area (Å²) in [5, 5.41) is 17.2. The lowest BCUT2D eigenvalue weighted by Crippen LogP contribution is -2.36. The van der Waals surface area contributed by atoms with Crippen molar-refractivity contribution >= 4 is 11.6 Å². The molecule has 0 saturated carbocycles. The van der Waals surface area contributed by atoms with Crippen molar-refractivity contribution in [3.05, 3.63) is 74.8 Å². The summed E-state index contributed by atoms with van der Waals surface area (Å²) >= 11 is 0. The van der Waals surface area contributed by atoms with E-state index in [0.29, 0.717) is 19.0 Å². The highest BCUT2D eigenvalue weighted by atomic mass is 16.6. The number of hydrogen-bond acceptors (Lipinski definition) is 3.